The molecule has 0 aliphatic rings. The number of sulfonamides is 1. The van der Waals surface area contributed by atoms with Crippen LogP contribution in [0, 0.1) is 0 Å². The van der Waals surface area contributed by atoms with Crippen molar-refractivity contribution in [3.63, 3.8) is 0 Å². The van der Waals surface area contributed by atoms with Crippen molar-refractivity contribution in [3.05, 3.63) is 54.1 Å². The molecule has 0 bridgehead atoms. The fourth-order valence-corrected chi connectivity index (χ4v) is 3.41. The molecule has 0 aliphatic carbocycles. The summed E-state index contributed by atoms with van der Waals surface area (Å²) < 4.78 is 29.4. The molecule has 4 N–H and O–H groups in total. The molecule has 10 heteroatoms. The van der Waals surface area contributed by atoms with Crippen molar-refractivity contribution in [3.8, 4) is 5.75 Å². The van der Waals surface area contributed by atoms with E-state index in [2.05, 4.69) is 5.32 Å². The summed E-state index contributed by atoms with van der Waals surface area (Å²) in [6.07, 6.45) is -0.874. The smallest absolute Gasteiger partial charge is 0.240 e. The van der Waals surface area contributed by atoms with Gasteiger partial charge >= 0.3 is 0 Å². The van der Waals surface area contributed by atoms with Crippen LogP contribution in [0.15, 0.2) is 53.4 Å². The highest BCUT2D eigenvalue weighted by Crippen LogP contribution is 2.26. The third-order valence-electron chi connectivity index (χ3n) is 4.06. The highest BCUT2D eigenvalue weighted by atomic mass is 35.5. The topological polar surface area (TPSA) is 105 Å². The molecule has 0 spiro atoms. The van der Waals surface area contributed by atoms with Gasteiger partial charge in [-0.05, 0) is 36.8 Å². The zero-order valence-corrected chi connectivity index (χ0v) is 19.1. The van der Waals surface area contributed by atoms with Gasteiger partial charge < -0.3 is 20.1 Å². The second-order valence-corrected chi connectivity index (χ2v) is 8.15. The van der Waals surface area contributed by atoms with Crippen molar-refractivity contribution in [1.29, 1.82) is 0 Å². The van der Waals surface area contributed by atoms with Gasteiger partial charge in [0.05, 0.1) is 11.8 Å². The number of aliphatic hydroxyl groups excluding tert-OH is 1. The van der Waals surface area contributed by atoms with Crippen molar-refractivity contribution < 1.29 is 18.3 Å². The summed E-state index contributed by atoms with van der Waals surface area (Å²) in [5.74, 6) is 0.781. The van der Waals surface area contributed by atoms with Gasteiger partial charge in [-0.3, -0.25) is 0 Å². The van der Waals surface area contributed by atoms with Crippen molar-refractivity contribution in [2.75, 3.05) is 32.1 Å². The third-order valence-corrected chi connectivity index (χ3v) is 5.00. The van der Waals surface area contributed by atoms with E-state index in [1.807, 2.05) is 37.3 Å². The summed E-state index contributed by atoms with van der Waals surface area (Å²) in [7, 11) is -0.434. The summed E-state index contributed by atoms with van der Waals surface area (Å²) >= 11 is 0. The molecule has 7 nitrogen and oxygen atoms in total. The Labute approximate surface area is 185 Å². The Morgan fingerprint density at radius 2 is 1.76 bits per heavy atom. The lowest BCUT2D eigenvalue weighted by Crippen LogP contribution is -2.35. The number of primary sulfonamides is 1. The molecule has 2 unspecified atom stereocenters. The fraction of sp³-hybridized carbons (Fsp3) is 0.368. The molecule has 2 aromatic carbocycles. The van der Waals surface area contributed by atoms with Crippen LogP contribution in [0.4, 0.5) is 5.69 Å². The number of hydrogen-bond donors (Lipinski definition) is 3. The highest BCUT2D eigenvalue weighted by Gasteiger charge is 2.19. The summed E-state index contributed by atoms with van der Waals surface area (Å²) in [6, 6.07) is 14.2. The molecule has 0 aromatic heterocycles. The first kappa shape index (κ1) is 27.5. The number of halogens is 2. The summed E-state index contributed by atoms with van der Waals surface area (Å²) in [5, 5.41) is 18.9. The van der Waals surface area contributed by atoms with Gasteiger partial charge in [0, 0.05) is 26.7 Å². The molecule has 0 radical (unpaired) electrons. The Bertz CT molecular complexity index is 852. The van der Waals surface area contributed by atoms with E-state index in [0.717, 1.165) is 5.75 Å². The van der Waals surface area contributed by atoms with Crippen molar-refractivity contribution in [2.24, 2.45) is 5.14 Å². The Kier molecular flexibility index (Phi) is 11.6. The van der Waals surface area contributed by atoms with Crippen LogP contribution in [-0.4, -0.2) is 46.8 Å². The first-order chi connectivity index (χ1) is 12.7. The van der Waals surface area contributed by atoms with Gasteiger partial charge in [-0.1, -0.05) is 24.3 Å². The van der Waals surface area contributed by atoms with E-state index in [0.29, 0.717) is 17.9 Å². The molecule has 0 saturated heterocycles. The van der Waals surface area contributed by atoms with Crippen LogP contribution in [0.1, 0.15) is 18.6 Å². The quantitative estimate of drug-likeness (QED) is 0.524. The Hall–Kier alpha value is -1.55. The van der Waals surface area contributed by atoms with Crippen molar-refractivity contribution >= 4 is 40.5 Å². The number of aliphatic hydroxyl groups is 1. The highest BCUT2D eigenvalue weighted by molar-refractivity contribution is 7.89. The van der Waals surface area contributed by atoms with Crippen molar-refractivity contribution in [1.82, 2.24) is 5.32 Å². The van der Waals surface area contributed by atoms with E-state index in [1.54, 1.807) is 31.1 Å². The number of hydrogen-bond acceptors (Lipinski definition) is 6. The van der Waals surface area contributed by atoms with Crippen LogP contribution in [0.3, 0.4) is 0 Å². The zero-order chi connectivity index (χ0) is 20.0. The monoisotopic (exact) mass is 465 g/mol. The Morgan fingerprint density at radius 3 is 2.31 bits per heavy atom. The van der Waals surface area contributed by atoms with E-state index in [9.17, 15) is 13.5 Å². The van der Waals surface area contributed by atoms with E-state index in [1.165, 1.54) is 6.07 Å². The summed E-state index contributed by atoms with van der Waals surface area (Å²) in [4.78, 5) is 1.65. The van der Waals surface area contributed by atoms with Crippen molar-refractivity contribution in [2.45, 2.75) is 24.0 Å². The average Bonchev–Trinajstić information content (AvgIpc) is 2.64. The number of nitrogens with one attached hydrogen (secondary N) is 1. The first-order valence-electron chi connectivity index (χ1n) is 8.62. The van der Waals surface area contributed by atoms with Gasteiger partial charge in [-0.25, -0.2) is 13.6 Å². The fourth-order valence-electron chi connectivity index (χ4n) is 2.56. The summed E-state index contributed by atoms with van der Waals surface area (Å²) in [5.41, 5.74) is 0.958. The molecule has 2 atom stereocenters. The molecule has 0 fully saturated rings. The molecule has 2 rings (SSSR count). The number of para-hydroxylation sites is 1. The van der Waals surface area contributed by atoms with Gasteiger partial charge in [0.25, 0.3) is 0 Å². The minimum Gasteiger partial charge on any atom is -0.492 e. The lowest BCUT2D eigenvalue weighted by atomic mass is 10.1. The van der Waals surface area contributed by atoms with Gasteiger partial charge in [-0.2, -0.15) is 0 Å². The molecular weight excluding hydrogens is 437 g/mol. The van der Waals surface area contributed by atoms with Crippen LogP contribution in [0.25, 0.3) is 0 Å². The lowest BCUT2D eigenvalue weighted by molar-refractivity contribution is 0.163. The van der Waals surface area contributed by atoms with E-state index in [-0.39, 0.29) is 42.3 Å². The molecule has 0 heterocycles. The average molecular weight is 466 g/mol. The standard InChI is InChI=1S/C19H27N3O4S.2ClH/c1-14(13-26-16-7-5-4-6-8-16)21-12-18(23)15-9-10-17(22(2)3)19(11-15)27(20,24)25;;/h4-11,14,18,21,23H,12-13H2,1-3H3,(H2,20,24,25);2*1H. The van der Waals surface area contributed by atoms with Gasteiger partial charge in [0.1, 0.15) is 17.3 Å². The molecule has 2 aromatic rings. The second kappa shape index (κ2) is 12.2. The Morgan fingerprint density at radius 1 is 1.14 bits per heavy atom. The van der Waals surface area contributed by atoms with E-state index >= 15 is 0 Å². The minimum atomic E-state index is -3.90. The summed E-state index contributed by atoms with van der Waals surface area (Å²) in [6.45, 7) is 2.64. The van der Waals surface area contributed by atoms with Gasteiger partial charge in [0.2, 0.25) is 10.0 Å². The number of nitrogens with zero attached hydrogens (tertiary/aromatic N) is 1. The third kappa shape index (κ3) is 8.38. The minimum absolute atomic E-state index is 0. The van der Waals surface area contributed by atoms with E-state index in [4.69, 9.17) is 9.88 Å². The van der Waals surface area contributed by atoms with Crippen LogP contribution in [0.5, 0.6) is 5.75 Å². The largest absolute Gasteiger partial charge is 0.492 e. The van der Waals surface area contributed by atoms with Crippen LogP contribution < -0.4 is 20.1 Å². The van der Waals surface area contributed by atoms with Crippen LogP contribution in [-0.2, 0) is 10.0 Å². The maximum Gasteiger partial charge on any atom is 0.240 e. The number of ether oxygens (including phenoxy) is 1. The number of anilines is 1. The number of nitrogens with two attached hydrogens (primary N) is 1. The Balaban J connectivity index is 0.00000392. The predicted molar refractivity (Wildman–Crippen MR) is 121 cm³/mol. The maximum absolute atomic E-state index is 11.9. The van der Waals surface area contributed by atoms with Crippen LogP contribution >= 0.6 is 24.8 Å². The zero-order valence-electron chi connectivity index (χ0n) is 16.6. The van der Waals surface area contributed by atoms with Crippen LogP contribution in [0.2, 0.25) is 0 Å². The maximum atomic E-state index is 11.9. The SMILES string of the molecule is CC(COc1ccccc1)NCC(O)c1ccc(N(C)C)c(S(N)(=O)=O)c1.Cl.Cl. The second-order valence-electron chi connectivity index (χ2n) is 6.62. The first-order valence-corrected chi connectivity index (χ1v) is 10.2. The molecule has 0 saturated carbocycles. The van der Waals surface area contributed by atoms with Gasteiger partial charge in [0.15, 0.2) is 0 Å². The van der Waals surface area contributed by atoms with Gasteiger partial charge in [-0.15, -0.1) is 24.8 Å². The number of benzene rings is 2. The normalized spacial score (nSPS) is 12.9. The molecular formula is C19H29Cl2N3O4S. The lowest BCUT2D eigenvalue weighted by Gasteiger charge is -2.20. The van der Waals surface area contributed by atoms with E-state index < -0.39 is 16.1 Å². The molecule has 29 heavy (non-hydrogen) atoms. The molecule has 0 amide bonds. The molecule has 0 aliphatic heterocycles. The number of rotatable bonds is 9. The predicted octanol–water partition coefficient (Wildman–Crippen LogP) is 2.33. The molecule has 164 valence electrons.